The van der Waals surface area contributed by atoms with Crippen molar-refractivity contribution in [1.29, 1.82) is 0 Å². The molecule has 0 amide bonds. The molecule has 1 N–H and O–H groups in total. The van der Waals surface area contributed by atoms with Gasteiger partial charge in [0.05, 0.1) is 17.8 Å². The van der Waals surface area contributed by atoms with E-state index in [9.17, 15) is 5.11 Å². The summed E-state index contributed by atoms with van der Waals surface area (Å²) >= 11 is 0. The summed E-state index contributed by atoms with van der Waals surface area (Å²) < 4.78 is 5.76. The van der Waals surface area contributed by atoms with Crippen LogP contribution in [0.1, 0.15) is 52.9 Å². The van der Waals surface area contributed by atoms with Crippen LogP contribution < -0.4 is 0 Å². The van der Waals surface area contributed by atoms with E-state index in [-0.39, 0.29) is 17.8 Å². The predicted molar refractivity (Wildman–Crippen MR) is 53.7 cm³/mol. The Morgan fingerprint density at radius 2 is 2.08 bits per heavy atom. The summed E-state index contributed by atoms with van der Waals surface area (Å²) in [5.74, 6) is 0. The number of rotatable bonds is 4. The van der Waals surface area contributed by atoms with Crippen LogP contribution in [-0.2, 0) is 4.74 Å². The van der Waals surface area contributed by atoms with Crippen molar-refractivity contribution in [3.63, 3.8) is 0 Å². The molecule has 2 atom stereocenters. The SMILES string of the molecule is CCCCC[C@H]1OC(C)(C)C[C@@H]1O. The van der Waals surface area contributed by atoms with E-state index in [1.807, 2.05) is 0 Å². The summed E-state index contributed by atoms with van der Waals surface area (Å²) in [6.45, 7) is 6.29. The van der Waals surface area contributed by atoms with E-state index in [1.54, 1.807) is 0 Å². The first kappa shape index (κ1) is 11.0. The molecule has 2 heteroatoms. The largest absolute Gasteiger partial charge is 0.390 e. The molecule has 1 fully saturated rings. The smallest absolute Gasteiger partial charge is 0.0842 e. The van der Waals surface area contributed by atoms with Gasteiger partial charge in [0.1, 0.15) is 0 Å². The average Bonchev–Trinajstić information content (AvgIpc) is 2.25. The van der Waals surface area contributed by atoms with Gasteiger partial charge >= 0.3 is 0 Å². The number of aliphatic hydroxyl groups is 1. The monoisotopic (exact) mass is 186 g/mol. The molecule has 13 heavy (non-hydrogen) atoms. The fourth-order valence-corrected chi connectivity index (χ4v) is 2.02. The van der Waals surface area contributed by atoms with Gasteiger partial charge in [-0.2, -0.15) is 0 Å². The van der Waals surface area contributed by atoms with Crippen molar-refractivity contribution in [1.82, 2.24) is 0 Å². The third kappa shape index (κ3) is 3.28. The lowest BCUT2D eigenvalue weighted by atomic mass is 10.0. The van der Waals surface area contributed by atoms with E-state index in [0.717, 1.165) is 12.8 Å². The Hall–Kier alpha value is -0.0800. The number of hydrogen-bond acceptors (Lipinski definition) is 2. The fraction of sp³-hybridized carbons (Fsp3) is 1.00. The van der Waals surface area contributed by atoms with Crippen LogP contribution >= 0.6 is 0 Å². The predicted octanol–water partition coefficient (Wildman–Crippen LogP) is 2.50. The van der Waals surface area contributed by atoms with Crippen molar-refractivity contribution < 1.29 is 9.84 Å². The van der Waals surface area contributed by atoms with Gasteiger partial charge in [0, 0.05) is 6.42 Å². The van der Waals surface area contributed by atoms with Gasteiger partial charge in [-0.15, -0.1) is 0 Å². The van der Waals surface area contributed by atoms with Gasteiger partial charge in [0.25, 0.3) is 0 Å². The Balaban J connectivity index is 2.27. The lowest BCUT2D eigenvalue weighted by Crippen LogP contribution is -2.21. The molecule has 0 spiro atoms. The maximum Gasteiger partial charge on any atom is 0.0842 e. The molecule has 1 aliphatic rings. The maximum atomic E-state index is 9.70. The minimum atomic E-state index is -0.244. The molecule has 0 aliphatic carbocycles. The third-order valence-corrected chi connectivity index (χ3v) is 2.69. The van der Waals surface area contributed by atoms with E-state index >= 15 is 0 Å². The van der Waals surface area contributed by atoms with Crippen molar-refractivity contribution in [3.8, 4) is 0 Å². The maximum absolute atomic E-state index is 9.70. The highest BCUT2D eigenvalue weighted by Crippen LogP contribution is 2.32. The van der Waals surface area contributed by atoms with E-state index in [1.165, 1.54) is 19.3 Å². The zero-order valence-corrected chi connectivity index (χ0v) is 9.05. The summed E-state index contributed by atoms with van der Waals surface area (Å²) in [7, 11) is 0. The van der Waals surface area contributed by atoms with E-state index in [4.69, 9.17) is 4.74 Å². The molecule has 1 aliphatic heterocycles. The topological polar surface area (TPSA) is 29.5 Å². The minimum absolute atomic E-state index is 0.0848. The summed E-state index contributed by atoms with van der Waals surface area (Å²) in [5, 5.41) is 9.70. The molecule has 1 heterocycles. The van der Waals surface area contributed by atoms with Crippen molar-refractivity contribution in [2.24, 2.45) is 0 Å². The summed E-state index contributed by atoms with van der Waals surface area (Å²) in [6, 6.07) is 0. The molecule has 0 aromatic heterocycles. The van der Waals surface area contributed by atoms with Gasteiger partial charge in [-0.3, -0.25) is 0 Å². The number of hydrogen-bond donors (Lipinski definition) is 1. The van der Waals surface area contributed by atoms with E-state index in [2.05, 4.69) is 20.8 Å². The first-order valence-corrected chi connectivity index (χ1v) is 5.41. The van der Waals surface area contributed by atoms with Crippen molar-refractivity contribution in [2.45, 2.75) is 70.7 Å². The van der Waals surface area contributed by atoms with Crippen LogP contribution in [0, 0.1) is 0 Å². The van der Waals surface area contributed by atoms with Crippen LogP contribution in [0.25, 0.3) is 0 Å². The Bertz CT molecular complexity index is 154. The standard InChI is InChI=1S/C11H22O2/c1-4-5-6-7-10-9(12)8-11(2,3)13-10/h9-10,12H,4-8H2,1-3H3/t9-,10+/m0/s1. The number of unbranched alkanes of at least 4 members (excludes halogenated alkanes) is 2. The lowest BCUT2D eigenvalue weighted by molar-refractivity contribution is -0.0360. The fourth-order valence-electron chi connectivity index (χ4n) is 2.02. The zero-order chi connectivity index (χ0) is 9.90. The van der Waals surface area contributed by atoms with E-state index in [0.29, 0.717) is 0 Å². The molecule has 0 bridgehead atoms. The van der Waals surface area contributed by atoms with Crippen molar-refractivity contribution >= 4 is 0 Å². The Morgan fingerprint density at radius 3 is 2.54 bits per heavy atom. The third-order valence-electron chi connectivity index (χ3n) is 2.69. The lowest BCUT2D eigenvalue weighted by Gasteiger charge is -2.18. The minimum Gasteiger partial charge on any atom is -0.390 e. The second kappa shape index (κ2) is 4.43. The second-order valence-corrected chi connectivity index (χ2v) is 4.68. The molecule has 0 radical (unpaired) electrons. The number of aliphatic hydroxyl groups excluding tert-OH is 1. The molecule has 1 rings (SSSR count). The molecule has 0 aromatic rings. The normalized spacial score (nSPS) is 32.3. The summed E-state index contributed by atoms with van der Waals surface area (Å²) in [5.41, 5.74) is -0.115. The zero-order valence-electron chi connectivity index (χ0n) is 9.05. The van der Waals surface area contributed by atoms with Gasteiger partial charge in [-0.1, -0.05) is 26.2 Å². The van der Waals surface area contributed by atoms with Gasteiger partial charge in [-0.05, 0) is 20.3 Å². The summed E-state index contributed by atoms with van der Waals surface area (Å²) in [4.78, 5) is 0. The van der Waals surface area contributed by atoms with E-state index < -0.39 is 0 Å². The highest BCUT2D eigenvalue weighted by molar-refractivity contribution is 4.87. The number of ether oxygens (including phenoxy) is 1. The van der Waals surface area contributed by atoms with Crippen LogP contribution in [0.4, 0.5) is 0 Å². The van der Waals surface area contributed by atoms with Gasteiger partial charge in [-0.25, -0.2) is 0 Å². The Kier molecular flexibility index (Phi) is 3.74. The first-order valence-electron chi connectivity index (χ1n) is 5.41. The van der Waals surface area contributed by atoms with Crippen LogP contribution in [0.5, 0.6) is 0 Å². The van der Waals surface area contributed by atoms with Crippen molar-refractivity contribution in [3.05, 3.63) is 0 Å². The quantitative estimate of drug-likeness (QED) is 0.683. The second-order valence-electron chi connectivity index (χ2n) is 4.68. The first-order chi connectivity index (χ1) is 6.05. The van der Waals surface area contributed by atoms with Crippen LogP contribution in [0.3, 0.4) is 0 Å². The van der Waals surface area contributed by atoms with Gasteiger partial charge in [0.2, 0.25) is 0 Å². The van der Waals surface area contributed by atoms with Crippen molar-refractivity contribution in [2.75, 3.05) is 0 Å². The molecule has 0 aromatic carbocycles. The molecular weight excluding hydrogens is 164 g/mol. The molecule has 0 saturated carbocycles. The van der Waals surface area contributed by atoms with Crippen LogP contribution in [0.15, 0.2) is 0 Å². The van der Waals surface area contributed by atoms with Gasteiger partial charge < -0.3 is 9.84 Å². The average molecular weight is 186 g/mol. The highest BCUT2D eigenvalue weighted by atomic mass is 16.5. The molecule has 2 nitrogen and oxygen atoms in total. The van der Waals surface area contributed by atoms with Crippen LogP contribution in [-0.4, -0.2) is 22.9 Å². The van der Waals surface area contributed by atoms with Gasteiger partial charge in [0.15, 0.2) is 0 Å². The summed E-state index contributed by atoms with van der Waals surface area (Å²) in [6.07, 6.45) is 5.28. The molecule has 78 valence electrons. The molecule has 0 unspecified atom stereocenters. The molecule has 1 saturated heterocycles. The highest BCUT2D eigenvalue weighted by Gasteiger charge is 2.38. The Labute approximate surface area is 81.3 Å². The molecular formula is C11H22O2. The Morgan fingerprint density at radius 1 is 1.38 bits per heavy atom. The van der Waals surface area contributed by atoms with Crippen LogP contribution in [0.2, 0.25) is 0 Å².